The SMILES string of the molecule is Cc1ccc(CNC(C)CCc2cccc(C)c2)cc1. The molecule has 2 aromatic rings. The number of nitrogens with one attached hydrogen (secondary N) is 1. The molecule has 0 heterocycles. The van der Waals surface area contributed by atoms with E-state index >= 15 is 0 Å². The van der Waals surface area contributed by atoms with E-state index in [1.54, 1.807) is 0 Å². The van der Waals surface area contributed by atoms with Crippen molar-refractivity contribution < 1.29 is 0 Å². The van der Waals surface area contributed by atoms with Gasteiger partial charge in [0, 0.05) is 12.6 Å². The summed E-state index contributed by atoms with van der Waals surface area (Å²) < 4.78 is 0. The summed E-state index contributed by atoms with van der Waals surface area (Å²) in [4.78, 5) is 0. The zero-order valence-electron chi connectivity index (χ0n) is 12.8. The maximum Gasteiger partial charge on any atom is 0.0207 e. The molecule has 0 spiro atoms. The van der Waals surface area contributed by atoms with Gasteiger partial charge in [-0.3, -0.25) is 0 Å². The molecule has 0 fully saturated rings. The van der Waals surface area contributed by atoms with Crippen molar-refractivity contribution in [3.63, 3.8) is 0 Å². The normalized spacial score (nSPS) is 12.3. The van der Waals surface area contributed by atoms with Gasteiger partial charge in [0.2, 0.25) is 0 Å². The Kier molecular flexibility index (Phi) is 5.37. The molecule has 0 aliphatic rings. The minimum atomic E-state index is 0.539. The van der Waals surface area contributed by atoms with Crippen LogP contribution in [-0.4, -0.2) is 6.04 Å². The first-order valence-corrected chi connectivity index (χ1v) is 7.48. The van der Waals surface area contributed by atoms with Crippen molar-refractivity contribution in [2.45, 2.75) is 46.2 Å². The quantitative estimate of drug-likeness (QED) is 0.817. The van der Waals surface area contributed by atoms with Gasteiger partial charge in [-0.2, -0.15) is 0 Å². The summed E-state index contributed by atoms with van der Waals surface area (Å²) in [7, 11) is 0. The molecule has 1 unspecified atom stereocenters. The molecule has 0 saturated carbocycles. The van der Waals surface area contributed by atoms with Gasteiger partial charge in [-0.1, -0.05) is 59.7 Å². The van der Waals surface area contributed by atoms with Crippen molar-refractivity contribution >= 4 is 0 Å². The van der Waals surface area contributed by atoms with Crippen LogP contribution in [0.1, 0.15) is 35.6 Å². The first-order chi connectivity index (χ1) is 9.63. The van der Waals surface area contributed by atoms with E-state index in [4.69, 9.17) is 0 Å². The Bertz CT molecular complexity index is 528. The Morgan fingerprint density at radius 1 is 0.900 bits per heavy atom. The molecule has 0 aromatic heterocycles. The highest BCUT2D eigenvalue weighted by atomic mass is 14.9. The molecule has 1 N–H and O–H groups in total. The van der Waals surface area contributed by atoms with Crippen LogP contribution < -0.4 is 5.32 Å². The third-order valence-corrected chi connectivity index (χ3v) is 3.72. The molecule has 0 saturated heterocycles. The molecule has 0 amide bonds. The first kappa shape index (κ1) is 14.8. The van der Waals surface area contributed by atoms with E-state index in [9.17, 15) is 0 Å². The Morgan fingerprint density at radius 3 is 2.35 bits per heavy atom. The second-order valence-electron chi connectivity index (χ2n) is 5.80. The van der Waals surface area contributed by atoms with Crippen LogP contribution in [0.3, 0.4) is 0 Å². The van der Waals surface area contributed by atoms with Crippen LogP contribution in [0, 0.1) is 13.8 Å². The van der Waals surface area contributed by atoms with E-state index in [1.165, 1.54) is 28.7 Å². The molecular weight excluding hydrogens is 242 g/mol. The predicted molar refractivity (Wildman–Crippen MR) is 87.0 cm³/mol. The molecule has 0 bridgehead atoms. The minimum absolute atomic E-state index is 0.539. The highest BCUT2D eigenvalue weighted by Crippen LogP contribution is 2.09. The van der Waals surface area contributed by atoms with E-state index < -0.39 is 0 Å². The van der Waals surface area contributed by atoms with Crippen molar-refractivity contribution in [3.05, 3.63) is 70.8 Å². The third kappa shape index (κ3) is 4.82. The van der Waals surface area contributed by atoms with Crippen LogP contribution in [0.25, 0.3) is 0 Å². The molecule has 0 radical (unpaired) electrons. The predicted octanol–water partition coefficient (Wildman–Crippen LogP) is 4.41. The lowest BCUT2D eigenvalue weighted by Gasteiger charge is -2.14. The van der Waals surface area contributed by atoms with Crippen LogP contribution >= 0.6 is 0 Å². The molecule has 1 nitrogen and oxygen atoms in total. The number of hydrogen-bond donors (Lipinski definition) is 1. The lowest BCUT2D eigenvalue weighted by molar-refractivity contribution is 0.514. The molecule has 1 atom stereocenters. The lowest BCUT2D eigenvalue weighted by atomic mass is 10.0. The van der Waals surface area contributed by atoms with Crippen molar-refractivity contribution in [2.24, 2.45) is 0 Å². The zero-order valence-corrected chi connectivity index (χ0v) is 12.8. The van der Waals surface area contributed by atoms with Gasteiger partial charge in [-0.15, -0.1) is 0 Å². The van der Waals surface area contributed by atoms with Gasteiger partial charge in [-0.25, -0.2) is 0 Å². The molecular formula is C19H25N. The van der Waals surface area contributed by atoms with Crippen LogP contribution in [0.4, 0.5) is 0 Å². The third-order valence-electron chi connectivity index (χ3n) is 3.72. The summed E-state index contributed by atoms with van der Waals surface area (Å²) >= 11 is 0. The fourth-order valence-corrected chi connectivity index (χ4v) is 2.35. The van der Waals surface area contributed by atoms with Gasteiger partial charge in [0.15, 0.2) is 0 Å². The Balaban J connectivity index is 1.75. The van der Waals surface area contributed by atoms with Gasteiger partial charge < -0.3 is 5.32 Å². The summed E-state index contributed by atoms with van der Waals surface area (Å²) in [6.07, 6.45) is 2.32. The van der Waals surface area contributed by atoms with Crippen molar-refractivity contribution in [3.8, 4) is 0 Å². The van der Waals surface area contributed by atoms with Gasteiger partial charge in [0.1, 0.15) is 0 Å². The fourth-order valence-electron chi connectivity index (χ4n) is 2.35. The first-order valence-electron chi connectivity index (χ1n) is 7.48. The van der Waals surface area contributed by atoms with Crippen LogP contribution in [0.5, 0.6) is 0 Å². The van der Waals surface area contributed by atoms with Crippen LogP contribution in [-0.2, 0) is 13.0 Å². The summed E-state index contributed by atoms with van der Waals surface area (Å²) in [6.45, 7) is 7.50. The highest BCUT2D eigenvalue weighted by Gasteiger charge is 2.02. The maximum atomic E-state index is 3.60. The van der Waals surface area contributed by atoms with Gasteiger partial charge >= 0.3 is 0 Å². The van der Waals surface area contributed by atoms with E-state index in [2.05, 4.69) is 74.6 Å². The number of benzene rings is 2. The van der Waals surface area contributed by atoms with E-state index in [1.807, 2.05) is 0 Å². The van der Waals surface area contributed by atoms with Crippen LogP contribution in [0.15, 0.2) is 48.5 Å². The summed E-state index contributed by atoms with van der Waals surface area (Å²) in [6, 6.07) is 18.1. The molecule has 0 aliphatic heterocycles. The van der Waals surface area contributed by atoms with Gasteiger partial charge in [0.25, 0.3) is 0 Å². The standard InChI is InChI=1S/C19H25N/c1-15-7-10-19(11-8-15)14-20-17(3)9-12-18-6-4-5-16(2)13-18/h4-8,10-11,13,17,20H,9,12,14H2,1-3H3. The number of aryl methyl sites for hydroxylation is 3. The van der Waals surface area contributed by atoms with E-state index in [0.717, 1.165) is 13.0 Å². The largest absolute Gasteiger partial charge is 0.310 e. The zero-order chi connectivity index (χ0) is 14.4. The molecule has 1 heteroatoms. The number of rotatable bonds is 6. The van der Waals surface area contributed by atoms with Crippen molar-refractivity contribution in [1.29, 1.82) is 0 Å². The Labute approximate surface area is 123 Å². The fraction of sp³-hybridized carbons (Fsp3) is 0.368. The summed E-state index contributed by atoms with van der Waals surface area (Å²) in [5.74, 6) is 0. The lowest BCUT2D eigenvalue weighted by Crippen LogP contribution is -2.25. The van der Waals surface area contributed by atoms with E-state index in [0.29, 0.717) is 6.04 Å². The molecule has 106 valence electrons. The van der Waals surface area contributed by atoms with Gasteiger partial charge in [0.05, 0.1) is 0 Å². The topological polar surface area (TPSA) is 12.0 Å². The number of hydrogen-bond acceptors (Lipinski definition) is 1. The molecule has 2 aromatic carbocycles. The van der Waals surface area contributed by atoms with Gasteiger partial charge in [-0.05, 0) is 44.7 Å². The Hall–Kier alpha value is -1.60. The van der Waals surface area contributed by atoms with Crippen LogP contribution in [0.2, 0.25) is 0 Å². The summed E-state index contributed by atoms with van der Waals surface area (Å²) in [5.41, 5.74) is 5.47. The molecule has 20 heavy (non-hydrogen) atoms. The monoisotopic (exact) mass is 267 g/mol. The minimum Gasteiger partial charge on any atom is -0.310 e. The summed E-state index contributed by atoms with van der Waals surface area (Å²) in [5, 5.41) is 3.60. The van der Waals surface area contributed by atoms with Crippen molar-refractivity contribution in [2.75, 3.05) is 0 Å². The Morgan fingerprint density at radius 2 is 1.65 bits per heavy atom. The highest BCUT2D eigenvalue weighted by molar-refractivity contribution is 5.22. The average Bonchev–Trinajstić information content (AvgIpc) is 2.45. The maximum absolute atomic E-state index is 3.60. The van der Waals surface area contributed by atoms with Crippen molar-refractivity contribution in [1.82, 2.24) is 5.32 Å². The van der Waals surface area contributed by atoms with E-state index in [-0.39, 0.29) is 0 Å². The molecule has 2 rings (SSSR count). The average molecular weight is 267 g/mol. The molecule has 0 aliphatic carbocycles. The smallest absolute Gasteiger partial charge is 0.0207 e. The second-order valence-corrected chi connectivity index (χ2v) is 5.80. The second kappa shape index (κ2) is 7.25.